The Morgan fingerprint density at radius 1 is 1.37 bits per heavy atom. The van der Waals surface area contributed by atoms with Crippen molar-refractivity contribution in [1.82, 2.24) is 4.90 Å². The maximum absolute atomic E-state index is 11.5. The summed E-state index contributed by atoms with van der Waals surface area (Å²) in [6, 6.07) is 4.42. The predicted octanol–water partition coefficient (Wildman–Crippen LogP) is 1.93. The van der Waals surface area contributed by atoms with E-state index in [2.05, 4.69) is 0 Å². The molecule has 0 amide bonds. The second-order valence-electron chi connectivity index (χ2n) is 4.05. The highest BCUT2D eigenvalue weighted by molar-refractivity contribution is 5.90. The van der Waals surface area contributed by atoms with Crippen LogP contribution in [-0.4, -0.2) is 49.8 Å². The molecular weight excluding hydrogens is 270 g/mol. The molecule has 0 heterocycles. The average molecular weight is 290 g/mol. The predicted molar refractivity (Wildman–Crippen MR) is 75.4 cm³/mol. The summed E-state index contributed by atoms with van der Waals surface area (Å²) in [5.74, 6) is -0.112. The Hall–Kier alpha value is -1.46. The zero-order chi connectivity index (χ0) is 13.5. The third-order valence-corrected chi connectivity index (χ3v) is 2.27. The van der Waals surface area contributed by atoms with E-state index in [0.29, 0.717) is 24.5 Å². The highest BCUT2D eigenvalue weighted by atomic mass is 35.5. The van der Waals surface area contributed by atoms with E-state index < -0.39 is 5.97 Å². The maximum atomic E-state index is 11.5. The molecule has 0 radical (unpaired) electrons. The van der Waals surface area contributed by atoms with Crippen molar-refractivity contribution in [3.8, 4) is 11.5 Å². The minimum atomic E-state index is -0.421. The number of hydrogen-bond acceptors (Lipinski definition) is 5. The number of nitrogens with zero attached hydrogens (tertiary/aromatic N) is 1. The molecular formula is C13H20ClNO4. The Kier molecular flexibility index (Phi) is 7.95. The molecule has 0 saturated heterocycles. The standard InChI is InChI=1S/C13H19NO4.ClH/c1-4-17-13(16)10-5-6-11(15)12(9-10)18-8-7-14(2)3;/h5-6,9,15H,4,7-8H2,1-3H3;1H. The molecule has 5 nitrogen and oxygen atoms in total. The second kappa shape index (κ2) is 8.61. The smallest absolute Gasteiger partial charge is 0.338 e. The third kappa shape index (κ3) is 5.81. The van der Waals surface area contributed by atoms with Gasteiger partial charge in [-0.1, -0.05) is 0 Å². The van der Waals surface area contributed by atoms with Gasteiger partial charge in [0, 0.05) is 6.54 Å². The number of aromatic hydroxyl groups is 1. The Morgan fingerprint density at radius 2 is 2.05 bits per heavy atom. The van der Waals surface area contributed by atoms with E-state index in [-0.39, 0.29) is 18.2 Å². The van der Waals surface area contributed by atoms with E-state index in [1.54, 1.807) is 6.92 Å². The van der Waals surface area contributed by atoms with Crippen LogP contribution in [0.3, 0.4) is 0 Å². The first kappa shape index (κ1) is 17.5. The highest BCUT2D eigenvalue weighted by Gasteiger charge is 2.11. The van der Waals surface area contributed by atoms with Crippen LogP contribution in [0.1, 0.15) is 17.3 Å². The summed E-state index contributed by atoms with van der Waals surface area (Å²) < 4.78 is 10.3. The molecule has 0 aliphatic rings. The van der Waals surface area contributed by atoms with Gasteiger partial charge >= 0.3 is 5.97 Å². The lowest BCUT2D eigenvalue weighted by atomic mass is 10.2. The largest absolute Gasteiger partial charge is 0.504 e. The molecule has 1 aromatic carbocycles. The number of hydrogen-bond donors (Lipinski definition) is 1. The van der Waals surface area contributed by atoms with Gasteiger partial charge < -0.3 is 19.5 Å². The van der Waals surface area contributed by atoms with Crippen molar-refractivity contribution in [2.75, 3.05) is 33.9 Å². The van der Waals surface area contributed by atoms with E-state index in [4.69, 9.17) is 9.47 Å². The molecule has 0 aliphatic carbocycles. The third-order valence-electron chi connectivity index (χ3n) is 2.27. The number of ether oxygens (including phenoxy) is 2. The summed E-state index contributed by atoms with van der Waals surface area (Å²) in [5.41, 5.74) is 0.370. The number of carbonyl (C=O) groups is 1. The van der Waals surface area contributed by atoms with Crippen LogP contribution in [0.25, 0.3) is 0 Å². The SMILES string of the molecule is CCOC(=O)c1ccc(O)c(OCCN(C)C)c1.Cl. The lowest BCUT2D eigenvalue weighted by Gasteiger charge is -2.12. The van der Waals surface area contributed by atoms with Crippen LogP contribution >= 0.6 is 12.4 Å². The number of esters is 1. The van der Waals surface area contributed by atoms with Crippen LogP contribution in [0, 0.1) is 0 Å². The molecule has 1 N–H and O–H groups in total. The molecule has 0 aromatic heterocycles. The molecule has 19 heavy (non-hydrogen) atoms. The normalized spacial score (nSPS) is 9.89. The van der Waals surface area contributed by atoms with Gasteiger partial charge in [0.15, 0.2) is 11.5 Å². The van der Waals surface area contributed by atoms with Gasteiger partial charge in [0.25, 0.3) is 0 Å². The van der Waals surface area contributed by atoms with Crippen molar-refractivity contribution in [1.29, 1.82) is 0 Å². The van der Waals surface area contributed by atoms with Gasteiger partial charge in [-0.15, -0.1) is 12.4 Å². The number of rotatable bonds is 6. The van der Waals surface area contributed by atoms with Gasteiger partial charge in [0.2, 0.25) is 0 Å². The van der Waals surface area contributed by atoms with Crippen molar-refractivity contribution in [3.05, 3.63) is 23.8 Å². The Bertz CT molecular complexity index is 410. The van der Waals surface area contributed by atoms with Crippen LogP contribution in [0.2, 0.25) is 0 Å². The summed E-state index contributed by atoms with van der Waals surface area (Å²) >= 11 is 0. The maximum Gasteiger partial charge on any atom is 0.338 e. The molecule has 0 bridgehead atoms. The fourth-order valence-electron chi connectivity index (χ4n) is 1.31. The molecule has 0 fully saturated rings. The number of likely N-dealkylation sites (N-methyl/N-ethyl adjacent to an activating group) is 1. The zero-order valence-corrected chi connectivity index (χ0v) is 12.2. The summed E-state index contributed by atoms with van der Waals surface area (Å²) in [4.78, 5) is 13.5. The van der Waals surface area contributed by atoms with Crippen LogP contribution in [-0.2, 0) is 4.74 Å². The monoisotopic (exact) mass is 289 g/mol. The van der Waals surface area contributed by atoms with E-state index in [1.807, 2.05) is 19.0 Å². The summed E-state index contributed by atoms with van der Waals surface area (Å²) in [6.45, 7) is 3.22. The molecule has 0 spiro atoms. The second-order valence-corrected chi connectivity index (χ2v) is 4.05. The van der Waals surface area contributed by atoms with Crippen molar-refractivity contribution in [3.63, 3.8) is 0 Å². The topological polar surface area (TPSA) is 59.0 Å². The number of phenols is 1. The van der Waals surface area contributed by atoms with Crippen molar-refractivity contribution < 1.29 is 19.4 Å². The summed E-state index contributed by atoms with van der Waals surface area (Å²) in [7, 11) is 3.86. The quantitative estimate of drug-likeness (QED) is 0.811. The first-order chi connectivity index (χ1) is 8.54. The molecule has 0 unspecified atom stereocenters. The molecule has 0 atom stereocenters. The minimum absolute atomic E-state index is 0. The van der Waals surface area contributed by atoms with E-state index in [0.717, 1.165) is 6.54 Å². The van der Waals surface area contributed by atoms with Crippen LogP contribution < -0.4 is 4.74 Å². The Labute approximate surface area is 119 Å². The fourth-order valence-corrected chi connectivity index (χ4v) is 1.31. The van der Waals surface area contributed by atoms with Gasteiger partial charge in [-0.05, 0) is 39.2 Å². The zero-order valence-electron chi connectivity index (χ0n) is 11.4. The fraction of sp³-hybridized carbons (Fsp3) is 0.462. The first-order valence-corrected chi connectivity index (χ1v) is 5.82. The molecule has 1 rings (SSSR count). The van der Waals surface area contributed by atoms with Crippen LogP contribution in [0.15, 0.2) is 18.2 Å². The van der Waals surface area contributed by atoms with Crippen molar-refractivity contribution in [2.45, 2.75) is 6.92 Å². The van der Waals surface area contributed by atoms with Gasteiger partial charge in [0.05, 0.1) is 12.2 Å². The Balaban J connectivity index is 0.00000324. The minimum Gasteiger partial charge on any atom is -0.504 e. The van der Waals surface area contributed by atoms with E-state index >= 15 is 0 Å². The van der Waals surface area contributed by atoms with Gasteiger partial charge in [0.1, 0.15) is 6.61 Å². The van der Waals surface area contributed by atoms with Crippen molar-refractivity contribution >= 4 is 18.4 Å². The summed E-state index contributed by atoms with van der Waals surface area (Å²) in [6.07, 6.45) is 0. The average Bonchev–Trinajstić information content (AvgIpc) is 2.31. The number of carbonyl (C=O) groups excluding carboxylic acids is 1. The van der Waals surface area contributed by atoms with Crippen molar-refractivity contribution in [2.24, 2.45) is 0 Å². The van der Waals surface area contributed by atoms with E-state index in [1.165, 1.54) is 18.2 Å². The molecule has 108 valence electrons. The van der Waals surface area contributed by atoms with Gasteiger partial charge in [-0.3, -0.25) is 0 Å². The molecule has 0 saturated carbocycles. The molecule has 6 heteroatoms. The molecule has 0 aliphatic heterocycles. The first-order valence-electron chi connectivity index (χ1n) is 5.82. The van der Waals surface area contributed by atoms with Gasteiger partial charge in [-0.2, -0.15) is 0 Å². The number of phenolic OH excluding ortho intramolecular Hbond substituents is 1. The Morgan fingerprint density at radius 3 is 2.63 bits per heavy atom. The van der Waals surface area contributed by atoms with Crippen LogP contribution in [0.5, 0.6) is 11.5 Å². The lowest BCUT2D eigenvalue weighted by molar-refractivity contribution is 0.0526. The van der Waals surface area contributed by atoms with Gasteiger partial charge in [-0.25, -0.2) is 4.79 Å². The summed E-state index contributed by atoms with van der Waals surface area (Å²) in [5, 5.41) is 9.62. The van der Waals surface area contributed by atoms with E-state index in [9.17, 15) is 9.90 Å². The lowest BCUT2D eigenvalue weighted by Crippen LogP contribution is -2.19. The number of benzene rings is 1. The molecule has 1 aromatic rings. The van der Waals surface area contributed by atoms with Crippen LogP contribution in [0.4, 0.5) is 0 Å². The highest BCUT2D eigenvalue weighted by Crippen LogP contribution is 2.27. The number of halogens is 1.